The van der Waals surface area contributed by atoms with E-state index in [9.17, 15) is 10.2 Å². The lowest BCUT2D eigenvalue weighted by atomic mass is 10.2. The third kappa shape index (κ3) is 3.26. The highest BCUT2D eigenvalue weighted by atomic mass is 127. The molecule has 0 spiro atoms. The Morgan fingerprint density at radius 2 is 1.65 bits per heavy atom. The van der Waals surface area contributed by atoms with Crippen molar-refractivity contribution in [1.82, 2.24) is 0 Å². The molecule has 0 aromatic heterocycles. The second-order valence-electron chi connectivity index (χ2n) is 3.68. The first-order valence-electron chi connectivity index (χ1n) is 5.15. The van der Waals surface area contributed by atoms with Crippen molar-refractivity contribution in [2.24, 2.45) is 0 Å². The number of aromatic hydroxyl groups is 2. The number of halogens is 1. The molecule has 0 bridgehead atoms. The Balaban J connectivity index is 2.02. The minimum Gasteiger partial charge on any atom is -0.504 e. The fourth-order valence-corrected chi connectivity index (χ4v) is 1.81. The predicted molar refractivity (Wildman–Crippen MR) is 76.3 cm³/mol. The van der Waals surface area contributed by atoms with Gasteiger partial charge in [0.15, 0.2) is 11.5 Å². The average Bonchev–Trinajstić information content (AvgIpc) is 2.33. The van der Waals surface area contributed by atoms with Gasteiger partial charge in [-0.1, -0.05) is 6.07 Å². The first-order valence-corrected chi connectivity index (χ1v) is 6.23. The van der Waals surface area contributed by atoms with E-state index in [0.717, 1.165) is 11.3 Å². The molecule has 0 saturated heterocycles. The van der Waals surface area contributed by atoms with Gasteiger partial charge in [-0.25, -0.2) is 0 Å². The first kappa shape index (κ1) is 12.0. The summed E-state index contributed by atoms with van der Waals surface area (Å²) in [7, 11) is 0. The van der Waals surface area contributed by atoms with Crippen molar-refractivity contribution in [3.8, 4) is 11.5 Å². The summed E-state index contributed by atoms with van der Waals surface area (Å²) >= 11 is 2.26. The van der Waals surface area contributed by atoms with Crippen LogP contribution in [0, 0.1) is 3.57 Å². The summed E-state index contributed by atoms with van der Waals surface area (Å²) in [5.74, 6) is -0.185. The number of rotatable bonds is 3. The summed E-state index contributed by atoms with van der Waals surface area (Å²) < 4.78 is 1.19. The molecule has 17 heavy (non-hydrogen) atoms. The third-order valence-corrected chi connectivity index (χ3v) is 3.10. The zero-order chi connectivity index (χ0) is 12.3. The lowest BCUT2D eigenvalue weighted by Gasteiger charge is -2.07. The SMILES string of the molecule is Oc1ccc(CNc2ccc(I)cc2)cc1O. The maximum Gasteiger partial charge on any atom is 0.157 e. The normalized spacial score (nSPS) is 10.2. The summed E-state index contributed by atoms with van der Waals surface area (Å²) in [4.78, 5) is 0. The highest BCUT2D eigenvalue weighted by molar-refractivity contribution is 14.1. The van der Waals surface area contributed by atoms with Gasteiger partial charge in [-0.3, -0.25) is 0 Å². The molecule has 0 amide bonds. The predicted octanol–water partition coefficient (Wildman–Crippen LogP) is 3.31. The molecular weight excluding hydrogens is 329 g/mol. The highest BCUT2D eigenvalue weighted by Gasteiger charge is 2.00. The average molecular weight is 341 g/mol. The number of benzene rings is 2. The molecule has 0 saturated carbocycles. The van der Waals surface area contributed by atoms with Crippen molar-refractivity contribution in [2.75, 3.05) is 5.32 Å². The fraction of sp³-hybridized carbons (Fsp3) is 0.0769. The molecule has 0 fully saturated rings. The Bertz CT molecular complexity index is 511. The van der Waals surface area contributed by atoms with Crippen molar-refractivity contribution in [1.29, 1.82) is 0 Å². The van der Waals surface area contributed by atoms with E-state index in [2.05, 4.69) is 27.9 Å². The van der Waals surface area contributed by atoms with Crippen molar-refractivity contribution >= 4 is 28.3 Å². The van der Waals surface area contributed by atoms with Crippen LogP contribution in [-0.4, -0.2) is 10.2 Å². The first-order chi connectivity index (χ1) is 8.15. The van der Waals surface area contributed by atoms with Crippen LogP contribution in [0.15, 0.2) is 42.5 Å². The van der Waals surface area contributed by atoms with Gasteiger partial charge in [0.25, 0.3) is 0 Å². The van der Waals surface area contributed by atoms with E-state index in [4.69, 9.17) is 0 Å². The molecule has 0 unspecified atom stereocenters. The molecule has 4 heteroatoms. The van der Waals surface area contributed by atoms with E-state index < -0.39 is 0 Å². The van der Waals surface area contributed by atoms with Crippen LogP contribution in [0.5, 0.6) is 11.5 Å². The minimum absolute atomic E-state index is 0.0908. The second kappa shape index (κ2) is 5.27. The van der Waals surface area contributed by atoms with Gasteiger partial charge in [-0.15, -0.1) is 0 Å². The molecule has 2 aromatic carbocycles. The van der Waals surface area contributed by atoms with Crippen LogP contribution >= 0.6 is 22.6 Å². The largest absolute Gasteiger partial charge is 0.504 e. The van der Waals surface area contributed by atoms with Crippen LogP contribution in [-0.2, 0) is 6.54 Å². The Kier molecular flexibility index (Phi) is 3.73. The number of anilines is 1. The fourth-order valence-electron chi connectivity index (χ4n) is 1.45. The Hall–Kier alpha value is -1.43. The summed E-state index contributed by atoms with van der Waals surface area (Å²) in [5.41, 5.74) is 1.94. The van der Waals surface area contributed by atoms with Gasteiger partial charge < -0.3 is 15.5 Å². The van der Waals surface area contributed by atoms with Gasteiger partial charge in [-0.05, 0) is 64.6 Å². The Labute approximate surface area is 113 Å². The monoisotopic (exact) mass is 341 g/mol. The summed E-state index contributed by atoms with van der Waals surface area (Å²) in [5, 5.41) is 21.8. The van der Waals surface area contributed by atoms with E-state index >= 15 is 0 Å². The molecule has 2 rings (SSSR count). The van der Waals surface area contributed by atoms with Crippen molar-refractivity contribution in [3.63, 3.8) is 0 Å². The highest BCUT2D eigenvalue weighted by Crippen LogP contribution is 2.25. The van der Waals surface area contributed by atoms with Gasteiger partial charge in [0.05, 0.1) is 0 Å². The number of hydrogen-bond donors (Lipinski definition) is 3. The van der Waals surface area contributed by atoms with Gasteiger partial charge in [0.2, 0.25) is 0 Å². The molecule has 2 aromatic rings. The lowest BCUT2D eigenvalue weighted by Crippen LogP contribution is -1.98. The third-order valence-electron chi connectivity index (χ3n) is 2.38. The molecule has 0 aliphatic carbocycles. The van der Waals surface area contributed by atoms with Crippen LogP contribution in [0.1, 0.15) is 5.56 Å². The van der Waals surface area contributed by atoms with Crippen LogP contribution in [0.2, 0.25) is 0 Å². The zero-order valence-electron chi connectivity index (χ0n) is 9.02. The van der Waals surface area contributed by atoms with Crippen LogP contribution < -0.4 is 5.32 Å². The molecular formula is C13H12INO2. The summed E-state index contributed by atoms with van der Waals surface area (Å²) in [6.45, 7) is 0.606. The van der Waals surface area contributed by atoms with E-state index in [1.807, 2.05) is 24.3 Å². The van der Waals surface area contributed by atoms with Gasteiger partial charge in [-0.2, -0.15) is 0 Å². The van der Waals surface area contributed by atoms with Crippen LogP contribution in [0.25, 0.3) is 0 Å². The van der Waals surface area contributed by atoms with Crippen LogP contribution in [0.3, 0.4) is 0 Å². The molecule has 0 aliphatic rings. The maximum absolute atomic E-state index is 9.35. The molecule has 88 valence electrons. The van der Waals surface area contributed by atoms with E-state index in [-0.39, 0.29) is 11.5 Å². The van der Waals surface area contributed by atoms with Gasteiger partial charge in [0.1, 0.15) is 0 Å². The molecule has 0 radical (unpaired) electrons. The number of nitrogens with one attached hydrogen (secondary N) is 1. The smallest absolute Gasteiger partial charge is 0.157 e. The summed E-state index contributed by atoms with van der Waals surface area (Å²) in [6, 6.07) is 12.9. The lowest BCUT2D eigenvalue weighted by molar-refractivity contribution is 0.403. The standard InChI is InChI=1S/C13H12INO2/c14-10-2-4-11(5-3-10)15-8-9-1-6-12(16)13(17)7-9/h1-7,15-17H,8H2. The van der Waals surface area contributed by atoms with Crippen molar-refractivity contribution in [2.45, 2.75) is 6.54 Å². The Morgan fingerprint density at radius 1 is 0.941 bits per heavy atom. The van der Waals surface area contributed by atoms with Gasteiger partial charge in [0, 0.05) is 15.8 Å². The second-order valence-corrected chi connectivity index (χ2v) is 4.93. The number of phenols is 2. The summed E-state index contributed by atoms with van der Waals surface area (Å²) in [6.07, 6.45) is 0. The molecule has 0 atom stereocenters. The van der Waals surface area contributed by atoms with E-state index in [1.54, 1.807) is 12.1 Å². The van der Waals surface area contributed by atoms with Crippen LogP contribution in [0.4, 0.5) is 5.69 Å². The van der Waals surface area contributed by atoms with Crippen molar-refractivity contribution in [3.05, 3.63) is 51.6 Å². The molecule has 0 heterocycles. The molecule has 3 N–H and O–H groups in total. The number of hydrogen-bond acceptors (Lipinski definition) is 3. The quantitative estimate of drug-likeness (QED) is 0.593. The minimum atomic E-state index is -0.0944. The van der Waals surface area contributed by atoms with Gasteiger partial charge >= 0.3 is 0 Å². The zero-order valence-corrected chi connectivity index (χ0v) is 11.2. The maximum atomic E-state index is 9.35. The van der Waals surface area contributed by atoms with E-state index in [0.29, 0.717) is 6.54 Å². The number of phenolic OH excluding ortho intramolecular Hbond substituents is 2. The Morgan fingerprint density at radius 3 is 2.29 bits per heavy atom. The van der Waals surface area contributed by atoms with E-state index in [1.165, 1.54) is 9.64 Å². The van der Waals surface area contributed by atoms with Crippen molar-refractivity contribution < 1.29 is 10.2 Å². The molecule has 0 aliphatic heterocycles. The topological polar surface area (TPSA) is 52.5 Å². The molecule has 3 nitrogen and oxygen atoms in total.